The predicted octanol–water partition coefficient (Wildman–Crippen LogP) is 4.04. The number of aromatic nitrogens is 2. The van der Waals surface area contributed by atoms with Crippen LogP contribution in [0.15, 0.2) is 73.0 Å². The van der Waals surface area contributed by atoms with Gasteiger partial charge in [0.1, 0.15) is 0 Å². The maximum atomic E-state index is 4.64. The first kappa shape index (κ1) is 11.6. The molecule has 0 atom stereocenters. The third-order valence-corrected chi connectivity index (χ3v) is 2.96. The molecule has 0 fully saturated rings. The lowest BCUT2D eigenvalue weighted by Gasteiger charge is -2.04. The van der Waals surface area contributed by atoms with E-state index in [2.05, 4.69) is 40.3 Å². The van der Waals surface area contributed by atoms with Crippen LogP contribution < -0.4 is 0 Å². The van der Waals surface area contributed by atoms with Crippen LogP contribution in [0.3, 0.4) is 0 Å². The normalized spacial score (nSPS) is 14.0. The molecule has 2 nitrogen and oxygen atoms in total. The molecule has 2 heteroatoms. The summed E-state index contributed by atoms with van der Waals surface area (Å²) in [6.45, 7) is 0. The third-order valence-electron chi connectivity index (χ3n) is 2.96. The van der Waals surface area contributed by atoms with Crippen LogP contribution in [-0.4, -0.2) is 9.97 Å². The molecular weight excluding hydrogens is 232 g/mol. The average molecular weight is 246 g/mol. The van der Waals surface area contributed by atoms with Crippen LogP contribution in [0.4, 0.5) is 0 Å². The highest BCUT2D eigenvalue weighted by molar-refractivity contribution is 5.74. The van der Waals surface area contributed by atoms with E-state index in [-0.39, 0.29) is 0 Å². The number of nitrogens with zero attached hydrogens (tertiary/aromatic N) is 2. The quantitative estimate of drug-likeness (QED) is 0.799. The van der Waals surface area contributed by atoms with Gasteiger partial charge in [-0.1, -0.05) is 60.7 Å². The lowest BCUT2D eigenvalue weighted by atomic mass is 10.1. The summed E-state index contributed by atoms with van der Waals surface area (Å²) in [4.78, 5) is 8.99. The Morgan fingerprint density at radius 3 is 2.74 bits per heavy atom. The first-order valence-electron chi connectivity index (χ1n) is 6.36. The highest BCUT2D eigenvalue weighted by Gasteiger charge is 2.04. The predicted molar refractivity (Wildman–Crippen MR) is 78.3 cm³/mol. The molecule has 0 amide bonds. The third kappa shape index (κ3) is 2.68. The molecule has 1 aromatic carbocycles. The van der Waals surface area contributed by atoms with E-state index in [4.69, 9.17) is 0 Å². The van der Waals surface area contributed by atoms with Crippen molar-refractivity contribution in [1.82, 2.24) is 9.97 Å². The zero-order valence-electron chi connectivity index (χ0n) is 10.5. The molecule has 0 bridgehead atoms. The molecule has 0 radical (unpaired) electrons. The van der Waals surface area contributed by atoms with Crippen molar-refractivity contribution in [3.05, 3.63) is 78.7 Å². The van der Waals surface area contributed by atoms with Crippen molar-refractivity contribution < 1.29 is 0 Å². The second kappa shape index (κ2) is 5.44. The van der Waals surface area contributed by atoms with Crippen molar-refractivity contribution in [3.8, 4) is 11.4 Å². The Hall–Kier alpha value is -2.48. The number of allylic oxidation sites excluding steroid dienone is 6. The van der Waals surface area contributed by atoms with Crippen molar-refractivity contribution in [2.24, 2.45) is 0 Å². The largest absolute Gasteiger partial charge is 0.237 e. The van der Waals surface area contributed by atoms with Crippen molar-refractivity contribution in [3.63, 3.8) is 0 Å². The molecule has 0 N–H and O–H groups in total. The van der Waals surface area contributed by atoms with Gasteiger partial charge in [-0.25, -0.2) is 9.97 Å². The van der Waals surface area contributed by atoms with Gasteiger partial charge in [0.15, 0.2) is 5.82 Å². The summed E-state index contributed by atoms with van der Waals surface area (Å²) in [5, 5.41) is 0. The fourth-order valence-electron chi connectivity index (χ4n) is 2.00. The topological polar surface area (TPSA) is 25.8 Å². The van der Waals surface area contributed by atoms with E-state index in [9.17, 15) is 0 Å². The molecule has 1 aliphatic carbocycles. The molecule has 2 aromatic rings. The maximum absolute atomic E-state index is 4.64. The summed E-state index contributed by atoms with van der Waals surface area (Å²) in [6, 6.07) is 12.0. The minimum absolute atomic E-state index is 0.764. The average Bonchev–Trinajstić information content (AvgIpc) is 2.77. The molecule has 0 saturated carbocycles. The van der Waals surface area contributed by atoms with E-state index in [0.717, 1.165) is 29.1 Å². The number of rotatable bonds is 2. The van der Waals surface area contributed by atoms with Crippen LogP contribution in [0.5, 0.6) is 0 Å². The highest BCUT2D eigenvalue weighted by Crippen LogP contribution is 2.19. The Labute approximate surface area is 112 Å². The molecule has 0 aliphatic heterocycles. The lowest BCUT2D eigenvalue weighted by molar-refractivity contribution is 1.15. The van der Waals surface area contributed by atoms with Gasteiger partial charge in [0, 0.05) is 11.8 Å². The van der Waals surface area contributed by atoms with Crippen LogP contribution in [0.2, 0.25) is 0 Å². The van der Waals surface area contributed by atoms with Gasteiger partial charge in [0.25, 0.3) is 0 Å². The van der Waals surface area contributed by atoms with E-state index in [1.54, 1.807) is 0 Å². The standard InChI is InChI=1S/C17H14N2/c1-2-5-9-14(8-4-1)16-12-13-18-17(19-16)15-10-6-3-7-11-15/h1,3-13H,2H2. The minimum atomic E-state index is 0.764. The number of hydrogen-bond donors (Lipinski definition) is 0. The van der Waals surface area contributed by atoms with Crippen molar-refractivity contribution in [2.75, 3.05) is 0 Å². The van der Waals surface area contributed by atoms with E-state index in [0.29, 0.717) is 0 Å². The fourth-order valence-corrected chi connectivity index (χ4v) is 2.00. The molecule has 92 valence electrons. The van der Waals surface area contributed by atoms with E-state index < -0.39 is 0 Å². The smallest absolute Gasteiger partial charge is 0.159 e. The molecule has 0 spiro atoms. The van der Waals surface area contributed by atoms with Gasteiger partial charge in [-0.15, -0.1) is 0 Å². The summed E-state index contributed by atoms with van der Waals surface area (Å²) in [5.74, 6) is 0.764. The van der Waals surface area contributed by atoms with Crippen LogP contribution in [0.1, 0.15) is 12.1 Å². The zero-order valence-corrected chi connectivity index (χ0v) is 10.5. The SMILES string of the molecule is C1=CCC=CC(c2ccnc(-c3ccccc3)n2)=C1. The summed E-state index contributed by atoms with van der Waals surface area (Å²) in [6.07, 6.45) is 13.3. The van der Waals surface area contributed by atoms with Gasteiger partial charge >= 0.3 is 0 Å². The summed E-state index contributed by atoms with van der Waals surface area (Å²) in [5.41, 5.74) is 3.11. The Kier molecular flexibility index (Phi) is 3.32. The van der Waals surface area contributed by atoms with Crippen molar-refractivity contribution in [1.29, 1.82) is 0 Å². The van der Waals surface area contributed by atoms with Gasteiger partial charge in [0.2, 0.25) is 0 Å². The Morgan fingerprint density at radius 1 is 0.947 bits per heavy atom. The number of hydrogen-bond acceptors (Lipinski definition) is 2. The van der Waals surface area contributed by atoms with E-state index in [1.165, 1.54) is 0 Å². The van der Waals surface area contributed by atoms with Gasteiger partial charge in [-0.2, -0.15) is 0 Å². The molecular formula is C17H14N2. The minimum Gasteiger partial charge on any atom is -0.237 e. The molecule has 19 heavy (non-hydrogen) atoms. The maximum Gasteiger partial charge on any atom is 0.159 e. The van der Waals surface area contributed by atoms with Gasteiger partial charge in [-0.3, -0.25) is 0 Å². The summed E-state index contributed by atoms with van der Waals surface area (Å²) >= 11 is 0. The highest BCUT2D eigenvalue weighted by atomic mass is 14.9. The molecule has 1 aliphatic rings. The van der Waals surface area contributed by atoms with Gasteiger partial charge in [-0.05, 0) is 18.1 Å². The van der Waals surface area contributed by atoms with E-state index in [1.807, 2.05) is 42.6 Å². The molecule has 1 heterocycles. The van der Waals surface area contributed by atoms with Crippen LogP contribution in [0, 0.1) is 0 Å². The number of benzene rings is 1. The molecule has 0 saturated heterocycles. The first-order chi connectivity index (χ1) is 9.43. The van der Waals surface area contributed by atoms with Crippen LogP contribution in [0.25, 0.3) is 17.0 Å². The van der Waals surface area contributed by atoms with Gasteiger partial charge < -0.3 is 0 Å². The molecule has 1 aromatic heterocycles. The first-order valence-corrected chi connectivity index (χ1v) is 6.36. The monoisotopic (exact) mass is 246 g/mol. The summed E-state index contributed by atoms with van der Waals surface area (Å²) in [7, 11) is 0. The zero-order chi connectivity index (χ0) is 12.9. The van der Waals surface area contributed by atoms with Crippen molar-refractivity contribution >= 4 is 5.57 Å². The Balaban J connectivity index is 2.01. The fraction of sp³-hybridized carbons (Fsp3) is 0.0588. The van der Waals surface area contributed by atoms with Crippen LogP contribution in [-0.2, 0) is 0 Å². The van der Waals surface area contributed by atoms with E-state index >= 15 is 0 Å². The Morgan fingerprint density at radius 2 is 1.84 bits per heavy atom. The second-order valence-electron chi connectivity index (χ2n) is 4.32. The molecule has 0 unspecified atom stereocenters. The molecule has 3 rings (SSSR count). The Bertz CT molecular complexity index is 652. The lowest BCUT2D eigenvalue weighted by Crippen LogP contribution is -1.93. The van der Waals surface area contributed by atoms with Crippen molar-refractivity contribution in [2.45, 2.75) is 6.42 Å². The summed E-state index contributed by atoms with van der Waals surface area (Å²) < 4.78 is 0. The van der Waals surface area contributed by atoms with Gasteiger partial charge in [0.05, 0.1) is 5.69 Å². The second-order valence-corrected chi connectivity index (χ2v) is 4.32. The van der Waals surface area contributed by atoms with Crippen LogP contribution >= 0.6 is 0 Å².